The molecular weight excluding hydrogens is 228 g/mol. The minimum absolute atomic E-state index is 0.0658. The van der Waals surface area contributed by atoms with E-state index in [0.717, 1.165) is 11.3 Å². The second-order valence-electron chi connectivity index (χ2n) is 5.28. The molecule has 0 bridgehead atoms. The zero-order valence-corrected chi connectivity index (χ0v) is 11.2. The van der Waals surface area contributed by atoms with Crippen molar-refractivity contribution >= 4 is 5.88 Å². The summed E-state index contributed by atoms with van der Waals surface area (Å²) in [4.78, 5) is 0. The summed E-state index contributed by atoms with van der Waals surface area (Å²) in [5, 5.41) is 3.94. The molecule has 0 fully saturated rings. The van der Waals surface area contributed by atoms with Crippen LogP contribution in [0.5, 0.6) is 5.75 Å². The molecule has 2 rings (SSSR count). The van der Waals surface area contributed by atoms with E-state index in [1.54, 1.807) is 13.2 Å². The fraction of sp³-hybridized carbons (Fsp3) is 0.357. The molecule has 18 heavy (non-hydrogen) atoms. The number of nitrogens with zero attached hydrogens (tertiary/aromatic N) is 1. The van der Waals surface area contributed by atoms with Crippen LogP contribution < -0.4 is 10.5 Å². The number of ether oxygens (including phenoxy) is 1. The van der Waals surface area contributed by atoms with Crippen LogP contribution >= 0.6 is 0 Å². The monoisotopic (exact) mass is 246 g/mol. The number of nitrogen functional groups attached to an aromatic ring is 1. The highest BCUT2D eigenvalue weighted by atomic mass is 16.5. The Morgan fingerprint density at radius 3 is 2.44 bits per heavy atom. The number of hydrogen-bond donors (Lipinski definition) is 1. The third-order valence-corrected chi connectivity index (χ3v) is 2.87. The molecule has 0 aliphatic heterocycles. The van der Waals surface area contributed by atoms with E-state index in [-0.39, 0.29) is 5.41 Å². The summed E-state index contributed by atoms with van der Waals surface area (Å²) < 4.78 is 10.3. The van der Waals surface area contributed by atoms with Crippen LogP contribution in [0.3, 0.4) is 0 Å². The van der Waals surface area contributed by atoms with Crippen molar-refractivity contribution in [2.45, 2.75) is 26.2 Å². The molecule has 1 aromatic carbocycles. The van der Waals surface area contributed by atoms with Gasteiger partial charge in [0.15, 0.2) is 0 Å². The molecule has 0 aliphatic carbocycles. The Hall–Kier alpha value is -1.97. The molecule has 4 heteroatoms. The first-order valence-electron chi connectivity index (χ1n) is 5.83. The molecule has 2 aromatic rings. The quantitative estimate of drug-likeness (QED) is 0.883. The molecule has 4 nitrogen and oxygen atoms in total. The van der Waals surface area contributed by atoms with E-state index >= 15 is 0 Å². The minimum Gasteiger partial charge on any atom is -0.496 e. The molecule has 1 heterocycles. The Kier molecular flexibility index (Phi) is 3.03. The molecule has 0 aliphatic rings. The Morgan fingerprint density at radius 1 is 1.22 bits per heavy atom. The van der Waals surface area contributed by atoms with Crippen molar-refractivity contribution < 1.29 is 9.26 Å². The maximum atomic E-state index is 5.56. The standard InChI is InChI=1S/C14H18N2O2/c1-14(2,3)9-5-6-12(17-4)10(7-9)11-8-13(15)18-16-11/h5-8H,15H2,1-4H3. The first kappa shape index (κ1) is 12.5. The smallest absolute Gasteiger partial charge is 0.222 e. The molecule has 0 amide bonds. The van der Waals surface area contributed by atoms with Crippen LogP contribution in [0.1, 0.15) is 26.3 Å². The van der Waals surface area contributed by atoms with E-state index in [2.05, 4.69) is 38.1 Å². The van der Waals surface area contributed by atoms with Gasteiger partial charge in [0.05, 0.1) is 7.11 Å². The van der Waals surface area contributed by atoms with Crippen molar-refractivity contribution in [2.24, 2.45) is 0 Å². The van der Waals surface area contributed by atoms with Gasteiger partial charge >= 0.3 is 0 Å². The Bertz CT molecular complexity index is 553. The molecule has 2 N–H and O–H groups in total. The van der Waals surface area contributed by atoms with Gasteiger partial charge < -0.3 is 15.0 Å². The van der Waals surface area contributed by atoms with Crippen molar-refractivity contribution in [1.29, 1.82) is 0 Å². The molecule has 1 aromatic heterocycles. The van der Waals surface area contributed by atoms with Gasteiger partial charge in [-0.25, -0.2) is 0 Å². The highest BCUT2D eigenvalue weighted by Gasteiger charge is 2.18. The number of anilines is 1. The van der Waals surface area contributed by atoms with Crippen molar-refractivity contribution in [2.75, 3.05) is 12.8 Å². The van der Waals surface area contributed by atoms with E-state index in [1.807, 2.05) is 6.07 Å². The third kappa shape index (κ3) is 2.32. The van der Waals surface area contributed by atoms with Crippen LogP contribution in [0.15, 0.2) is 28.8 Å². The zero-order valence-electron chi connectivity index (χ0n) is 11.2. The molecule has 0 spiro atoms. The third-order valence-electron chi connectivity index (χ3n) is 2.87. The van der Waals surface area contributed by atoms with Crippen molar-refractivity contribution in [3.8, 4) is 17.0 Å². The minimum atomic E-state index is 0.0658. The van der Waals surface area contributed by atoms with Crippen LogP contribution in [0, 0.1) is 0 Å². The molecule has 0 atom stereocenters. The molecular formula is C14H18N2O2. The summed E-state index contributed by atoms with van der Waals surface area (Å²) in [6.45, 7) is 6.49. The van der Waals surface area contributed by atoms with Crippen molar-refractivity contribution in [3.63, 3.8) is 0 Å². The Labute approximate surface area is 107 Å². The normalized spacial score (nSPS) is 11.6. The van der Waals surface area contributed by atoms with E-state index in [1.165, 1.54) is 5.56 Å². The largest absolute Gasteiger partial charge is 0.496 e. The predicted molar refractivity (Wildman–Crippen MR) is 71.6 cm³/mol. The first-order valence-corrected chi connectivity index (χ1v) is 5.83. The summed E-state index contributed by atoms with van der Waals surface area (Å²) in [5.41, 5.74) is 8.42. The van der Waals surface area contributed by atoms with Gasteiger partial charge in [0, 0.05) is 11.6 Å². The van der Waals surface area contributed by atoms with E-state index in [4.69, 9.17) is 15.0 Å². The molecule has 0 saturated carbocycles. The lowest BCUT2D eigenvalue weighted by Gasteiger charge is -2.20. The SMILES string of the molecule is COc1ccc(C(C)(C)C)cc1-c1cc(N)on1. The van der Waals surface area contributed by atoms with Crippen LogP contribution in [-0.2, 0) is 5.41 Å². The lowest BCUT2D eigenvalue weighted by molar-refractivity contribution is 0.413. The molecule has 96 valence electrons. The lowest BCUT2D eigenvalue weighted by Crippen LogP contribution is -2.11. The topological polar surface area (TPSA) is 61.3 Å². The molecule has 0 saturated heterocycles. The van der Waals surface area contributed by atoms with Crippen molar-refractivity contribution in [3.05, 3.63) is 29.8 Å². The van der Waals surface area contributed by atoms with Crippen molar-refractivity contribution in [1.82, 2.24) is 5.16 Å². The Balaban J connectivity index is 2.56. The number of hydrogen-bond acceptors (Lipinski definition) is 4. The first-order chi connectivity index (χ1) is 8.41. The summed E-state index contributed by atoms with van der Waals surface area (Å²) in [5.74, 6) is 1.06. The fourth-order valence-corrected chi connectivity index (χ4v) is 1.79. The maximum Gasteiger partial charge on any atom is 0.222 e. The van der Waals surface area contributed by atoms with Crippen LogP contribution in [-0.4, -0.2) is 12.3 Å². The number of nitrogens with two attached hydrogens (primary N) is 1. The highest BCUT2D eigenvalue weighted by Crippen LogP contribution is 2.34. The second-order valence-corrected chi connectivity index (χ2v) is 5.28. The Morgan fingerprint density at radius 2 is 1.94 bits per heavy atom. The fourth-order valence-electron chi connectivity index (χ4n) is 1.79. The highest BCUT2D eigenvalue weighted by molar-refractivity contribution is 5.69. The molecule has 0 radical (unpaired) electrons. The number of rotatable bonds is 2. The average Bonchev–Trinajstić information content (AvgIpc) is 2.73. The van der Waals surface area contributed by atoms with E-state index in [0.29, 0.717) is 11.6 Å². The van der Waals surface area contributed by atoms with Gasteiger partial charge in [-0.1, -0.05) is 32.0 Å². The number of methoxy groups -OCH3 is 1. The van der Waals surface area contributed by atoms with Crippen LogP contribution in [0.4, 0.5) is 5.88 Å². The van der Waals surface area contributed by atoms with Gasteiger partial charge in [-0.05, 0) is 23.1 Å². The van der Waals surface area contributed by atoms with E-state index in [9.17, 15) is 0 Å². The van der Waals surface area contributed by atoms with Gasteiger partial charge in [0.25, 0.3) is 0 Å². The van der Waals surface area contributed by atoms with Gasteiger partial charge in [-0.2, -0.15) is 0 Å². The second kappa shape index (κ2) is 4.37. The lowest BCUT2D eigenvalue weighted by atomic mass is 9.85. The van der Waals surface area contributed by atoms with E-state index < -0.39 is 0 Å². The predicted octanol–water partition coefficient (Wildman–Crippen LogP) is 3.23. The van der Waals surface area contributed by atoms with Gasteiger partial charge in [-0.15, -0.1) is 0 Å². The summed E-state index contributed by atoms with van der Waals surface area (Å²) in [7, 11) is 1.64. The van der Waals surface area contributed by atoms with Crippen LogP contribution in [0.2, 0.25) is 0 Å². The van der Waals surface area contributed by atoms with Gasteiger partial charge in [-0.3, -0.25) is 0 Å². The number of aromatic nitrogens is 1. The summed E-state index contributed by atoms with van der Waals surface area (Å²) in [6, 6.07) is 7.77. The summed E-state index contributed by atoms with van der Waals surface area (Å²) >= 11 is 0. The van der Waals surface area contributed by atoms with Gasteiger partial charge in [0.1, 0.15) is 11.4 Å². The molecule has 0 unspecified atom stereocenters. The van der Waals surface area contributed by atoms with Gasteiger partial charge in [0.2, 0.25) is 5.88 Å². The maximum absolute atomic E-state index is 5.56. The summed E-state index contributed by atoms with van der Waals surface area (Å²) in [6.07, 6.45) is 0. The average molecular weight is 246 g/mol. The van der Waals surface area contributed by atoms with Crippen LogP contribution in [0.25, 0.3) is 11.3 Å². The number of benzene rings is 1. The zero-order chi connectivity index (χ0) is 13.3.